The van der Waals surface area contributed by atoms with Crippen LogP contribution in [0, 0.1) is 16.9 Å². The maximum Gasteiger partial charge on any atom is 0.339 e. The van der Waals surface area contributed by atoms with E-state index in [0.717, 1.165) is 17.4 Å². The Kier molecular flexibility index (Phi) is 6.31. The Morgan fingerprint density at radius 1 is 1.11 bits per heavy atom. The second-order valence-electron chi connectivity index (χ2n) is 8.06. The molecule has 3 aromatic carbocycles. The van der Waals surface area contributed by atoms with Crippen LogP contribution in [0.25, 0.3) is 10.2 Å². The molecule has 12 heteroatoms. The molecule has 186 valence electrons. The van der Waals surface area contributed by atoms with E-state index in [0.29, 0.717) is 10.2 Å². The highest BCUT2D eigenvalue weighted by atomic mass is 32.1. The Morgan fingerprint density at radius 2 is 1.84 bits per heavy atom. The number of thiazole rings is 1. The van der Waals surface area contributed by atoms with E-state index in [9.17, 15) is 28.8 Å². The van der Waals surface area contributed by atoms with Crippen molar-refractivity contribution >= 4 is 55.8 Å². The number of carbonyl (C=O) groups is 4. The minimum absolute atomic E-state index is 0.0161. The minimum atomic E-state index is -1.86. The Bertz CT molecular complexity index is 1590. The van der Waals surface area contributed by atoms with Gasteiger partial charge in [-0.25, -0.2) is 19.4 Å². The van der Waals surface area contributed by atoms with Crippen LogP contribution in [-0.4, -0.2) is 33.6 Å². The van der Waals surface area contributed by atoms with Gasteiger partial charge in [-0.3, -0.25) is 19.7 Å². The van der Waals surface area contributed by atoms with Gasteiger partial charge in [-0.15, -0.1) is 0 Å². The summed E-state index contributed by atoms with van der Waals surface area (Å²) in [6, 6.07) is 15.2. The number of benzene rings is 3. The average molecular weight is 521 g/mol. The number of anilines is 1. The van der Waals surface area contributed by atoms with Crippen LogP contribution in [-0.2, 0) is 14.3 Å². The molecule has 3 N–H and O–H groups in total. The van der Waals surface area contributed by atoms with Crippen molar-refractivity contribution < 1.29 is 38.7 Å². The lowest BCUT2D eigenvalue weighted by Crippen LogP contribution is -2.99. The van der Waals surface area contributed by atoms with Crippen molar-refractivity contribution in [3.8, 4) is 0 Å². The molecule has 10 nitrogen and oxygen atoms in total. The topological polar surface area (TPSA) is 150 Å². The summed E-state index contributed by atoms with van der Waals surface area (Å²) in [6.45, 7) is 0. The molecular formula is C25H16FN3O7S. The third kappa shape index (κ3) is 4.49. The number of rotatable bonds is 7. The number of aromatic nitrogens is 1. The maximum absolute atomic E-state index is 14.5. The first-order chi connectivity index (χ1) is 17.7. The van der Waals surface area contributed by atoms with Crippen LogP contribution in [0.4, 0.5) is 15.2 Å². The molecule has 37 heavy (non-hydrogen) atoms. The first-order valence-corrected chi connectivity index (χ1v) is 11.6. The first-order valence-electron chi connectivity index (χ1n) is 10.8. The molecule has 3 atom stereocenters. The molecule has 0 bridgehead atoms. The van der Waals surface area contributed by atoms with Gasteiger partial charge in [0.05, 0.1) is 21.3 Å². The van der Waals surface area contributed by atoms with Crippen molar-refractivity contribution in [3.63, 3.8) is 0 Å². The van der Waals surface area contributed by atoms with E-state index in [-0.39, 0.29) is 21.9 Å². The number of quaternary nitrogens is 1. The lowest BCUT2D eigenvalue weighted by Gasteiger charge is -2.21. The second kappa shape index (κ2) is 9.59. The van der Waals surface area contributed by atoms with E-state index in [2.05, 4.69) is 10.3 Å². The molecule has 0 saturated carbocycles. The van der Waals surface area contributed by atoms with E-state index in [4.69, 9.17) is 9.94 Å². The zero-order valence-electron chi connectivity index (χ0n) is 18.6. The van der Waals surface area contributed by atoms with Crippen LogP contribution < -0.4 is 10.5 Å². The SMILES string of the molecule is O=C(Nc1nc2ccc([NH+]([O-])O)cc2s1)C(=O)C(C(=O)c1ccccc1F)C1OC(=O)c2ccccc21. The smallest absolute Gasteiger partial charge is 0.339 e. The van der Waals surface area contributed by atoms with Crippen molar-refractivity contribution in [2.24, 2.45) is 5.92 Å². The van der Waals surface area contributed by atoms with Gasteiger partial charge in [0.25, 0.3) is 5.91 Å². The van der Waals surface area contributed by atoms with Gasteiger partial charge < -0.3 is 9.94 Å². The molecule has 0 spiro atoms. The molecule has 0 aliphatic carbocycles. The summed E-state index contributed by atoms with van der Waals surface area (Å²) in [6.07, 6.45) is -1.44. The average Bonchev–Trinajstić information content (AvgIpc) is 3.44. The summed E-state index contributed by atoms with van der Waals surface area (Å²) < 4.78 is 20.3. The number of cyclic esters (lactones) is 1. The van der Waals surface area contributed by atoms with E-state index in [1.165, 1.54) is 48.5 Å². The number of ketones is 2. The van der Waals surface area contributed by atoms with E-state index in [1.807, 2.05) is 0 Å². The third-order valence-electron chi connectivity index (χ3n) is 5.81. The van der Waals surface area contributed by atoms with Crippen LogP contribution in [0.1, 0.15) is 32.4 Å². The van der Waals surface area contributed by atoms with Crippen LogP contribution in [0.3, 0.4) is 0 Å². The van der Waals surface area contributed by atoms with Gasteiger partial charge in [-0.1, -0.05) is 41.7 Å². The third-order valence-corrected chi connectivity index (χ3v) is 6.74. The molecule has 0 fully saturated rings. The van der Waals surface area contributed by atoms with Gasteiger partial charge in [0.2, 0.25) is 5.78 Å². The Labute approximate surface area is 211 Å². The first kappa shape index (κ1) is 24.3. The van der Waals surface area contributed by atoms with Crippen molar-refractivity contribution in [2.45, 2.75) is 6.10 Å². The highest BCUT2D eigenvalue weighted by Gasteiger charge is 2.46. The monoisotopic (exact) mass is 521 g/mol. The van der Waals surface area contributed by atoms with Crippen LogP contribution in [0.2, 0.25) is 0 Å². The van der Waals surface area contributed by atoms with E-state index in [1.54, 1.807) is 12.1 Å². The zero-order valence-corrected chi connectivity index (χ0v) is 19.5. The summed E-state index contributed by atoms with van der Waals surface area (Å²) in [5, 5.41) is 21.5. The summed E-state index contributed by atoms with van der Waals surface area (Å²) in [5.41, 5.74) is 0.324. The fourth-order valence-corrected chi connectivity index (χ4v) is 4.95. The van der Waals surface area contributed by atoms with Crippen molar-refractivity contribution in [1.29, 1.82) is 0 Å². The Balaban J connectivity index is 1.49. The number of nitrogens with one attached hydrogen (secondary N) is 2. The number of esters is 1. The highest BCUT2D eigenvalue weighted by molar-refractivity contribution is 7.22. The normalized spacial score (nSPS) is 16.1. The number of hydrogen-bond donors (Lipinski definition) is 3. The van der Waals surface area contributed by atoms with Crippen molar-refractivity contribution in [1.82, 2.24) is 4.98 Å². The van der Waals surface area contributed by atoms with Gasteiger partial charge in [-0.05, 0) is 24.3 Å². The number of fused-ring (bicyclic) bond motifs is 2. The minimum Gasteiger partial charge on any atom is -0.595 e. The highest BCUT2D eigenvalue weighted by Crippen LogP contribution is 2.38. The molecule has 1 aromatic heterocycles. The molecule has 2 heterocycles. The summed E-state index contributed by atoms with van der Waals surface area (Å²) >= 11 is 0.926. The van der Waals surface area contributed by atoms with Crippen LogP contribution in [0.5, 0.6) is 0 Å². The number of amides is 1. The number of carbonyl (C=O) groups excluding carboxylic acids is 4. The van der Waals surface area contributed by atoms with Crippen molar-refractivity contribution in [3.05, 3.63) is 94.4 Å². The lowest BCUT2D eigenvalue weighted by molar-refractivity contribution is -0.991. The van der Waals surface area contributed by atoms with Crippen LogP contribution in [0.15, 0.2) is 66.7 Å². The molecule has 5 rings (SSSR count). The van der Waals surface area contributed by atoms with E-state index < -0.39 is 52.1 Å². The molecule has 1 aliphatic heterocycles. The van der Waals surface area contributed by atoms with Gasteiger partial charge in [-0.2, -0.15) is 5.23 Å². The number of halogens is 1. The van der Waals surface area contributed by atoms with Gasteiger partial charge >= 0.3 is 5.97 Å². The zero-order chi connectivity index (χ0) is 26.3. The predicted molar refractivity (Wildman–Crippen MR) is 128 cm³/mol. The quantitative estimate of drug-likeness (QED) is 0.110. The van der Waals surface area contributed by atoms with Crippen LogP contribution >= 0.6 is 11.3 Å². The van der Waals surface area contributed by atoms with Gasteiger partial charge in [0.15, 0.2) is 16.6 Å². The van der Waals surface area contributed by atoms with Gasteiger partial charge in [0, 0.05) is 17.7 Å². The Hall–Kier alpha value is -4.36. The largest absolute Gasteiger partial charge is 0.595 e. The number of Topliss-reactive ketones (excluding diaryl/α,β-unsaturated/α-hetero) is 2. The lowest BCUT2D eigenvalue weighted by atomic mass is 9.84. The summed E-state index contributed by atoms with van der Waals surface area (Å²) in [5.74, 6) is -7.05. The number of nitrogens with zero attached hydrogens (tertiary/aromatic N) is 1. The van der Waals surface area contributed by atoms with Gasteiger partial charge in [0.1, 0.15) is 17.8 Å². The second-order valence-corrected chi connectivity index (χ2v) is 9.09. The fraction of sp³-hybridized carbons (Fsp3) is 0.0800. The molecule has 0 saturated heterocycles. The summed E-state index contributed by atoms with van der Waals surface area (Å²) in [7, 11) is 0. The molecule has 0 radical (unpaired) electrons. The Morgan fingerprint density at radius 3 is 2.59 bits per heavy atom. The number of hydrogen-bond acceptors (Lipinski definition) is 9. The molecule has 1 amide bonds. The summed E-state index contributed by atoms with van der Waals surface area (Å²) in [4.78, 5) is 56.4. The molecule has 3 unspecified atom stereocenters. The van der Waals surface area contributed by atoms with E-state index >= 15 is 0 Å². The number of ether oxygens (including phenoxy) is 1. The molecule has 4 aromatic rings. The predicted octanol–water partition coefficient (Wildman–Crippen LogP) is 2.76. The maximum atomic E-state index is 14.5. The standard InChI is InChI=1S/C25H16FN3O7S/c26-16-8-4-3-7-15(16)20(30)19(22-13-5-1-2-6-14(13)24(33)36-22)21(31)23(32)28-25-27-17-10-9-12(29(34)35)11-18(17)37-25/h1-11,19,22,29,34H,(H,27,28,32). The fourth-order valence-electron chi connectivity index (χ4n) is 4.05. The molecule has 1 aliphatic rings. The van der Waals surface area contributed by atoms with Crippen molar-refractivity contribution in [2.75, 3.05) is 5.32 Å². The molecular weight excluding hydrogens is 505 g/mol.